The van der Waals surface area contributed by atoms with Gasteiger partial charge >= 0.3 is 0 Å². The predicted molar refractivity (Wildman–Crippen MR) is 57.6 cm³/mol. The third-order valence-corrected chi connectivity index (χ3v) is 1.88. The number of ether oxygens (including phenoxy) is 3. The van der Waals surface area contributed by atoms with Crippen molar-refractivity contribution in [1.29, 1.82) is 0 Å². The molecule has 0 spiro atoms. The van der Waals surface area contributed by atoms with Crippen molar-refractivity contribution >= 4 is 0 Å². The summed E-state index contributed by atoms with van der Waals surface area (Å²) in [7, 11) is 0. The van der Waals surface area contributed by atoms with E-state index in [9.17, 15) is 0 Å². The molecule has 0 saturated carbocycles. The quantitative estimate of drug-likeness (QED) is 0.539. The minimum Gasteiger partial charge on any atom is -0.377 e. The Kier molecular flexibility index (Phi) is 9.35. The number of rotatable bonds is 9. The highest BCUT2D eigenvalue weighted by Crippen LogP contribution is 1.95. The molecular formula is C11H24O3. The number of hydrogen-bond acceptors (Lipinski definition) is 3. The van der Waals surface area contributed by atoms with E-state index < -0.39 is 0 Å². The Balaban J connectivity index is 2.99. The van der Waals surface area contributed by atoms with E-state index >= 15 is 0 Å². The van der Waals surface area contributed by atoms with E-state index in [1.165, 1.54) is 0 Å². The van der Waals surface area contributed by atoms with Gasteiger partial charge in [0.1, 0.15) is 0 Å². The van der Waals surface area contributed by atoms with Crippen LogP contribution in [0.5, 0.6) is 0 Å². The Hall–Kier alpha value is -0.120. The van der Waals surface area contributed by atoms with Crippen LogP contribution in [-0.4, -0.2) is 38.6 Å². The highest BCUT2D eigenvalue weighted by Gasteiger charge is 1.97. The summed E-state index contributed by atoms with van der Waals surface area (Å²) in [5, 5.41) is 0. The summed E-state index contributed by atoms with van der Waals surface area (Å²) in [6.07, 6.45) is 1.68. The number of hydrogen-bond donors (Lipinski definition) is 0. The summed E-state index contributed by atoms with van der Waals surface area (Å²) in [4.78, 5) is 0. The zero-order valence-corrected chi connectivity index (χ0v) is 9.91. The van der Waals surface area contributed by atoms with E-state index in [0.29, 0.717) is 32.5 Å². The predicted octanol–water partition coefficient (Wildman–Crippen LogP) is 2.24. The summed E-state index contributed by atoms with van der Waals surface area (Å²) in [5.41, 5.74) is 0. The highest BCUT2D eigenvalue weighted by molar-refractivity contribution is 4.44. The summed E-state index contributed by atoms with van der Waals surface area (Å²) < 4.78 is 16.1. The Morgan fingerprint density at radius 2 is 1.43 bits per heavy atom. The lowest BCUT2D eigenvalue weighted by Gasteiger charge is -2.11. The van der Waals surface area contributed by atoms with Gasteiger partial charge in [-0.2, -0.15) is 0 Å². The molecule has 0 aromatic heterocycles. The monoisotopic (exact) mass is 204 g/mol. The van der Waals surface area contributed by atoms with Crippen LogP contribution in [0.2, 0.25) is 0 Å². The Morgan fingerprint density at radius 3 is 1.93 bits per heavy atom. The molecule has 86 valence electrons. The van der Waals surface area contributed by atoms with Gasteiger partial charge in [-0.25, -0.2) is 0 Å². The molecule has 0 rings (SSSR count). The molecule has 0 amide bonds. The maximum atomic E-state index is 5.45. The SMILES string of the molecule is CCC(C)OCCOCCOC(C)C. The first-order valence-corrected chi connectivity index (χ1v) is 5.47. The molecule has 0 aromatic carbocycles. The largest absolute Gasteiger partial charge is 0.377 e. The topological polar surface area (TPSA) is 27.7 Å². The van der Waals surface area contributed by atoms with Crippen molar-refractivity contribution in [2.75, 3.05) is 26.4 Å². The molecule has 0 aliphatic carbocycles. The molecule has 0 fully saturated rings. The van der Waals surface area contributed by atoms with Crippen LogP contribution in [0.4, 0.5) is 0 Å². The molecule has 0 aliphatic rings. The Labute approximate surface area is 87.7 Å². The van der Waals surface area contributed by atoms with Gasteiger partial charge in [0, 0.05) is 0 Å². The van der Waals surface area contributed by atoms with Gasteiger partial charge in [-0.3, -0.25) is 0 Å². The van der Waals surface area contributed by atoms with Gasteiger partial charge in [-0.1, -0.05) is 6.92 Å². The summed E-state index contributed by atoms with van der Waals surface area (Å²) in [6, 6.07) is 0. The van der Waals surface area contributed by atoms with E-state index in [4.69, 9.17) is 14.2 Å². The van der Waals surface area contributed by atoms with Crippen LogP contribution in [0.1, 0.15) is 34.1 Å². The van der Waals surface area contributed by atoms with E-state index in [1.54, 1.807) is 0 Å². The van der Waals surface area contributed by atoms with Crippen LogP contribution in [0, 0.1) is 0 Å². The van der Waals surface area contributed by atoms with Crippen molar-refractivity contribution in [1.82, 2.24) is 0 Å². The van der Waals surface area contributed by atoms with Gasteiger partial charge in [0.15, 0.2) is 0 Å². The third kappa shape index (κ3) is 9.96. The lowest BCUT2D eigenvalue weighted by atomic mass is 10.3. The fourth-order valence-electron chi connectivity index (χ4n) is 0.871. The van der Waals surface area contributed by atoms with Crippen molar-refractivity contribution in [2.24, 2.45) is 0 Å². The average Bonchev–Trinajstić information content (AvgIpc) is 2.15. The van der Waals surface area contributed by atoms with Gasteiger partial charge in [-0.05, 0) is 27.2 Å². The molecule has 0 aromatic rings. The molecule has 3 nitrogen and oxygen atoms in total. The lowest BCUT2D eigenvalue weighted by Crippen LogP contribution is -2.14. The van der Waals surface area contributed by atoms with Crippen molar-refractivity contribution in [3.8, 4) is 0 Å². The molecule has 0 bridgehead atoms. The first-order chi connectivity index (χ1) is 6.66. The van der Waals surface area contributed by atoms with Crippen LogP contribution in [0.15, 0.2) is 0 Å². The molecule has 1 unspecified atom stereocenters. The van der Waals surface area contributed by atoms with Gasteiger partial charge < -0.3 is 14.2 Å². The average molecular weight is 204 g/mol. The molecule has 0 radical (unpaired) electrons. The van der Waals surface area contributed by atoms with Gasteiger partial charge in [0.2, 0.25) is 0 Å². The second kappa shape index (κ2) is 9.44. The van der Waals surface area contributed by atoms with Crippen molar-refractivity contribution in [3.63, 3.8) is 0 Å². The molecule has 0 N–H and O–H groups in total. The molecule has 0 aliphatic heterocycles. The van der Waals surface area contributed by atoms with Gasteiger partial charge in [0.25, 0.3) is 0 Å². The normalized spacial score (nSPS) is 13.5. The maximum Gasteiger partial charge on any atom is 0.0704 e. The highest BCUT2D eigenvalue weighted by atomic mass is 16.5. The smallest absolute Gasteiger partial charge is 0.0704 e. The third-order valence-electron chi connectivity index (χ3n) is 1.88. The molecule has 3 heteroatoms. The summed E-state index contributed by atoms with van der Waals surface area (Å²) in [6.45, 7) is 10.9. The minimum absolute atomic E-state index is 0.287. The lowest BCUT2D eigenvalue weighted by molar-refractivity contribution is -0.0164. The van der Waals surface area contributed by atoms with Crippen LogP contribution in [0.25, 0.3) is 0 Å². The zero-order chi connectivity index (χ0) is 10.8. The Bertz CT molecular complexity index is 115. The molecule has 0 heterocycles. The van der Waals surface area contributed by atoms with Crippen LogP contribution in [0.3, 0.4) is 0 Å². The van der Waals surface area contributed by atoms with Gasteiger partial charge in [-0.15, -0.1) is 0 Å². The van der Waals surface area contributed by atoms with E-state index in [2.05, 4.69) is 13.8 Å². The molecular weight excluding hydrogens is 180 g/mol. The van der Waals surface area contributed by atoms with Crippen molar-refractivity contribution in [2.45, 2.75) is 46.3 Å². The minimum atomic E-state index is 0.287. The van der Waals surface area contributed by atoms with Crippen LogP contribution < -0.4 is 0 Å². The fraction of sp³-hybridized carbons (Fsp3) is 1.00. The summed E-state index contributed by atoms with van der Waals surface area (Å²) >= 11 is 0. The van der Waals surface area contributed by atoms with E-state index in [1.807, 2.05) is 13.8 Å². The van der Waals surface area contributed by atoms with Gasteiger partial charge in [0.05, 0.1) is 38.6 Å². The van der Waals surface area contributed by atoms with Crippen molar-refractivity contribution < 1.29 is 14.2 Å². The second-order valence-electron chi connectivity index (χ2n) is 3.62. The standard InChI is InChI=1S/C11H24O3/c1-5-11(4)14-9-7-12-6-8-13-10(2)3/h10-11H,5-9H2,1-4H3. The second-order valence-corrected chi connectivity index (χ2v) is 3.62. The maximum absolute atomic E-state index is 5.45. The summed E-state index contributed by atoms with van der Waals surface area (Å²) in [5.74, 6) is 0. The van der Waals surface area contributed by atoms with E-state index in [-0.39, 0.29) is 6.10 Å². The van der Waals surface area contributed by atoms with Crippen LogP contribution in [-0.2, 0) is 14.2 Å². The fourth-order valence-corrected chi connectivity index (χ4v) is 0.871. The molecule has 14 heavy (non-hydrogen) atoms. The van der Waals surface area contributed by atoms with Crippen molar-refractivity contribution in [3.05, 3.63) is 0 Å². The molecule has 0 saturated heterocycles. The first kappa shape index (κ1) is 13.9. The Morgan fingerprint density at radius 1 is 0.857 bits per heavy atom. The molecule has 1 atom stereocenters. The zero-order valence-electron chi connectivity index (χ0n) is 9.91. The van der Waals surface area contributed by atoms with E-state index in [0.717, 1.165) is 6.42 Å². The first-order valence-electron chi connectivity index (χ1n) is 5.47. The van der Waals surface area contributed by atoms with Crippen LogP contribution >= 0.6 is 0 Å².